The van der Waals surface area contributed by atoms with E-state index in [1.807, 2.05) is 32.2 Å². The molecule has 0 aromatic carbocycles. The molecular formula is C13H15BrN4OS. The second-order valence-corrected chi connectivity index (χ2v) is 5.65. The van der Waals surface area contributed by atoms with Crippen molar-refractivity contribution in [3.63, 3.8) is 0 Å². The third kappa shape index (κ3) is 4.16. The lowest BCUT2D eigenvalue weighted by atomic mass is 10.5. The largest absolute Gasteiger partial charge is 0.374 e. The van der Waals surface area contributed by atoms with Crippen LogP contribution in [0.25, 0.3) is 0 Å². The van der Waals surface area contributed by atoms with E-state index in [0.29, 0.717) is 19.0 Å². The third-order valence-corrected chi connectivity index (χ3v) is 4.21. The zero-order valence-electron chi connectivity index (χ0n) is 11.3. The molecule has 0 fully saturated rings. The van der Waals surface area contributed by atoms with Gasteiger partial charge in [0.2, 0.25) is 0 Å². The van der Waals surface area contributed by atoms with Gasteiger partial charge in [0.25, 0.3) is 0 Å². The lowest BCUT2D eigenvalue weighted by molar-refractivity contribution is 0.128. The van der Waals surface area contributed by atoms with Crippen molar-refractivity contribution < 1.29 is 4.74 Å². The summed E-state index contributed by atoms with van der Waals surface area (Å²) < 4.78 is 6.31. The maximum absolute atomic E-state index is 5.36. The molecule has 0 saturated carbocycles. The predicted octanol–water partition coefficient (Wildman–Crippen LogP) is 3.36. The van der Waals surface area contributed by atoms with Crippen molar-refractivity contribution in [2.24, 2.45) is 0 Å². The average Bonchev–Trinajstić information content (AvgIpc) is 2.47. The van der Waals surface area contributed by atoms with E-state index in [1.54, 1.807) is 6.20 Å². The van der Waals surface area contributed by atoms with E-state index >= 15 is 0 Å². The first-order valence-corrected chi connectivity index (χ1v) is 7.75. The molecule has 0 spiro atoms. The highest BCUT2D eigenvalue weighted by atomic mass is 79.9. The lowest BCUT2D eigenvalue weighted by Crippen LogP contribution is -2.03. The van der Waals surface area contributed by atoms with Crippen LogP contribution in [0.15, 0.2) is 38.9 Å². The van der Waals surface area contributed by atoms with Gasteiger partial charge in [-0.25, -0.2) is 15.0 Å². The minimum absolute atomic E-state index is 0.406. The van der Waals surface area contributed by atoms with E-state index in [2.05, 4.69) is 36.2 Å². The van der Waals surface area contributed by atoms with Crippen molar-refractivity contribution in [3.8, 4) is 0 Å². The molecule has 20 heavy (non-hydrogen) atoms. The van der Waals surface area contributed by atoms with Crippen LogP contribution >= 0.6 is 27.7 Å². The number of pyridine rings is 1. The molecule has 0 saturated heterocycles. The highest BCUT2D eigenvalue weighted by molar-refractivity contribution is 9.10. The van der Waals surface area contributed by atoms with Crippen molar-refractivity contribution in [1.82, 2.24) is 15.0 Å². The second-order valence-electron chi connectivity index (χ2n) is 3.79. The first kappa shape index (κ1) is 15.2. The summed E-state index contributed by atoms with van der Waals surface area (Å²) in [4.78, 5) is 13.2. The van der Waals surface area contributed by atoms with Gasteiger partial charge in [0.05, 0.1) is 4.47 Å². The zero-order chi connectivity index (χ0) is 14.4. The zero-order valence-corrected chi connectivity index (χ0v) is 13.7. The number of hydrogen-bond donors (Lipinski definition) is 1. The molecule has 2 aromatic heterocycles. The first-order chi connectivity index (χ1) is 9.72. The van der Waals surface area contributed by atoms with E-state index < -0.39 is 0 Å². The number of aromatic nitrogens is 3. The van der Waals surface area contributed by atoms with Gasteiger partial charge in [-0.15, -0.1) is 0 Å². The molecule has 2 heterocycles. The summed E-state index contributed by atoms with van der Waals surface area (Å²) in [6, 6.07) is 5.73. The Bertz CT molecular complexity index is 582. The molecule has 0 unspecified atom stereocenters. The summed E-state index contributed by atoms with van der Waals surface area (Å²) in [7, 11) is 1.83. The van der Waals surface area contributed by atoms with E-state index in [-0.39, 0.29) is 0 Å². The van der Waals surface area contributed by atoms with Gasteiger partial charge in [-0.3, -0.25) is 0 Å². The fourth-order valence-electron chi connectivity index (χ4n) is 1.46. The standard InChI is InChI=1S/C13H15BrN4OS/c1-3-19-8-11-17-10(15-2)7-12(18-11)20-13-9(14)5-4-6-16-13/h4-7H,3,8H2,1-2H3,(H,15,17,18). The summed E-state index contributed by atoms with van der Waals surface area (Å²) in [5, 5.41) is 4.74. The fraction of sp³-hybridized carbons (Fsp3) is 0.308. The predicted molar refractivity (Wildman–Crippen MR) is 83.0 cm³/mol. The van der Waals surface area contributed by atoms with Gasteiger partial charge in [0, 0.05) is 25.9 Å². The highest BCUT2D eigenvalue weighted by Crippen LogP contribution is 2.31. The van der Waals surface area contributed by atoms with E-state index in [1.165, 1.54) is 11.8 Å². The molecule has 1 N–H and O–H groups in total. The van der Waals surface area contributed by atoms with Crippen molar-refractivity contribution in [3.05, 3.63) is 34.7 Å². The first-order valence-electron chi connectivity index (χ1n) is 6.14. The van der Waals surface area contributed by atoms with Crippen LogP contribution in [0.1, 0.15) is 12.7 Å². The summed E-state index contributed by atoms with van der Waals surface area (Å²) in [5.41, 5.74) is 0. The van der Waals surface area contributed by atoms with Crippen molar-refractivity contribution in [1.29, 1.82) is 0 Å². The SMILES string of the molecule is CCOCc1nc(NC)cc(Sc2ncccc2Br)n1. The topological polar surface area (TPSA) is 59.9 Å². The van der Waals surface area contributed by atoms with Gasteiger partial charge in [-0.2, -0.15) is 0 Å². The van der Waals surface area contributed by atoms with Crippen LogP contribution in [-0.4, -0.2) is 28.6 Å². The number of halogens is 1. The van der Waals surface area contributed by atoms with Crippen molar-refractivity contribution in [2.75, 3.05) is 19.0 Å². The number of ether oxygens (including phenoxy) is 1. The number of nitrogens with zero attached hydrogens (tertiary/aromatic N) is 3. The van der Waals surface area contributed by atoms with Gasteiger partial charge in [0.1, 0.15) is 22.5 Å². The van der Waals surface area contributed by atoms with E-state index in [0.717, 1.165) is 20.3 Å². The van der Waals surface area contributed by atoms with E-state index in [9.17, 15) is 0 Å². The molecule has 0 aliphatic heterocycles. The Morgan fingerprint density at radius 2 is 2.25 bits per heavy atom. The summed E-state index contributed by atoms with van der Waals surface area (Å²) >= 11 is 4.97. The van der Waals surface area contributed by atoms with Crippen LogP contribution in [-0.2, 0) is 11.3 Å². The summed E-state index contributed by atoms with van der Waals surface area (Å²) in [6.45, 7) is 2.99. The maximum atomic E-state index is 5.36. The van der Waals surface area contributed by atoms with Crippen LogP contribution in [0.3, 0.4) is 0 Å². The van der Waals surface area contributed by atoms with Crippen LogP contribution in [0.4, 0.5) is 5.82 Å². The van der Waals surface area contributed by atoms with Gasteiger partial charge < -0.3 is 10.1 Å². The molecule has 2 aromatic rings. The summed E-state index contributed by atoms with van der Waals surface area (Å²) in [5.74, 6) is 1.43. The number of rotatable bonds is 6. The molecule has 5 nitrogen and oxygen atoms in total. The molecule has 2 rings (SSSR count). The maximum Gasteiger partial charge on any atom is 0.157 e. The second kappa shape index (κ2) is 7.56. The van der Waals surface area contributed by atoms with E-state index in [4.69, 9.17) is 4.74 Å². The lowest BCUT2D eigenvalue weighted by Gasteiger charge is -2.08. The smallest absolute Gasteiger partial charge is 0.157 e. The molecule has 0 atom stereocenters. The van der Waals surface area contributed by atoms with Gasteiger partial charge in [-0.05, 0) is 46.7 Å². The number of hydrogen-bond acceptors (Lipinski definition) is 6. The molecular weight excluding hydrogens is 340 g/mol. The Balaban J connectivity index is 2.24. The van der Waals surface area contributed by atoms with Crippen molar-refractivity contribution in [2.45, 2.75) is 23.6 Å². The van der Waals surface area contributed by atoms with Crippen LogP contribution in [0.2, 0.25) is 0 Å². The van der Waals surface area contributed by atoms with Gasteiger partial charge in [0.15, 0.2) is 5.82 Å². The minimum atomic E-state index is 0.406. The fourth-order valence-corrected chi connectivity index (χ4v) is 2.75. The molecule has 0 radical (unpaired) electrons. The normalized spacial score (nSPS) is 10.6. The van der Waals surface area contributed by atoms with Gasteiger partial charge >= 0.3 is 0 Å². The monoisotopic (exact) mass is 354 g/mol. The Hall–Kier alpha value is -1.18. The Kier molecular flexibility index (Phi) is 5.75. The quantitative estimate of drug-likeness (QED) is 0.802. The molecule has 0 aliphatic carbocycles. The highest BCUT2D eigenvalue weighted by Gasteiger charge is 2.08. The molecule has 0 bridgehead atoms. The van der Waals surface area contributed by atoms with Gasteiger partial charge in [-0.1, -0.05) is 0 Å². The Morgan fingerprint density at radius 3 is 2.95 bits per heavy atom. The Morgan fingerprint density at radius 1 is 1.40 bits per heavy atom. The van der Waals surface area contributed by atoms with Crippen molar-refractivity contribution >= 4 is 33.5 Å². The summed E-state index contributed by atoms with van der Waals surface area (Å²) in [6.07, 6.45) is 1.76. The number of anilines is 1. The molecule has 0 amide bonds. The van der Waals surface area contributed by atoms with Crippen LogP contribution in [0, 0.1) is 0 Å². The minimum Gasteiger partial charge on any atom is -0.374 e. The molecule has 0 aliphatic rings. The molecule has 106 valence electrons. The molecule has 7 heteroatoms. The van der Waals surface area contributed by atoms with Crippen LogP contribution < -0.4 is 5.32 Å². The van der Waals surface area contributed by atoms with Crippen LogP contribution in [0.5, 0.6) is 0 Å². The third-order valence-electron chi connectivity index (χ3n) is 2.37. The number of nitrogens with one attached hydrogen (secondary N) is 1. The average molecular weight is 355 g/mol. The Labute approximate surface area is 130 Å².